The standard InChI is InChI=1S/C33H39FO4/c1-5-8-23(19-32(35)36)24-9-6-10-26(18-24)38-21-22-12-14-27(29-20-25(37-4)13-15-31(29)34)28(17-22)30-11-7-16-33(30,2)3/h6,9-10,12-15,17-18,20,23,30H,5,7-8,11,16,19,21H2,1-4H3,(H,35,36)/t23-,30-/m0/s1. The van der Waals surface area contributed by atoms with Crippen molar-refractivity contribution in [3.8, 4) is 22.6 Å². The van der Waals surface area contributed by atoms with E-state index in [-0.39, 0.29) is 23.6 Å². The van der Waals surface area contributed by atoms with Crippen LogP contribution < -0.4 is 9.47 Å². The van der Waals surface area contributed by atoms with E-state index < -0.39 is 5.97 Å². The van der Waals surface area contributed by atoms with Gasteiger partial charge in [0.2, 0.25) is 0 Å². The highest BCUT2D eigenvalue weighted by molar-refractivity contribution is 5.71. The van der Waals surface area contributed by atoms with Crippen molar-refractivity contribution >= 4 is 5.97 Å². The molecule has 1 fully saturated rings. The van der Waals surface area contributed by atoms with Crippen LogP contribution in [0.4, 0.5) is 4.39 Å². The molecular formula is C33H39FO4. The molecule has 5 heteroatoms. The van der Waals surface area contributed by atoms with Crippen LogP contribution in [0.3, 0.4) is 0 Å². The van der Waals surface area contributed by atoms with Gasteiger partial charge in [-0.25, -0.2) is 4.39 Å². The lowest BCUT2D eigenvalue weighted by atomic mass is 9.75. The average Bonchev–Trinajstić information content (AvgIpc) is 3.26. The Labute approximate surface area is 225 Å². The fourth-order valence-electron chi connectivity index (χ4n) is 5.95. The van der Waals surface area contributed by atoms with Crippen molar-refractivity contribution in [2.45, 2.75) is 77.7 Å². The zero-order valence-electron chi connectivity index (χ0n) is 22.9. The van der Waals surface area contributed by atoms with Gasteiger partial charge in [-0.3, -0.25) is 4.79 Å². The summed E-state index contributed by atoms with van der Waals surface area (Å²) in [6, 6.07) is 18.9. The number of ether oxygens (including phenoxy) is 2. The van der Waals surface area contributed by atoms with E-state index in [4.69, 9.17) is 9.47 Å². The number of carboxylic acid groups (broad SMARTS) is 1. The predicted octanol–water partition coefficient (Wildman–Crippen LogP) is 8.73. The first-order chi connectivity index (χ1) is 18.2. The van der Waals surface area contributed by atoms with Crippen molar-refractivity contribution in [1.29, 1.82) is 0 Å². The summed E-state index contributed by atoms with van der Waals surface area (Å²) in [6.45, 7) is 7.05. The molecule has 1 saturated carbocycles. The van der Waals surface area contributed by atoms with Crippen molar-refractivity contribution < 1.29 is 23.8 Å². The van der Waals surface area contributed by atoms with E-state index in [1.165, 1.54) is 6.07 Å². The molecule has 3 aromatic carbocycles. The molecule has 1 N–H and O–H groups in total. The molecule has 0 heterocycles. The highest BCUT2D eigenvalue weighted by Crippen LogP contribution is 2.51. The largest absolute Gasteiger partial charge is 0.497 e. The number of methoxy groups -OCH3 is 1. The molecule has 3 aromatic rings. The fraction of sp³-hybridized carbons (Fsp3) is 0.424. The minimum absolute atomic E-state index is 0.0331. The molecule has 0 saturated heterocycles. The molecule has 1 aliphatic carbocycles. The SMILES string of the molecule is CCC[C@@H](CC(=O)O)c1cccc(OCc2ccc(-c3cc(OC)ccc3F)c([C@@H]3CCCC3(C)C)c2)c1. The molecule has 0 spiro atoms. The normalized spacial score (nSPS) is 17.2. The Morgan fingerprint density at radius 1 is 1.08 bits per heavy atom. The molecule has 0 radical (unpaired) electrons. The number of halogens is 1. The van der Waals surface area contributed by atoms with E-state index in [1.807, 2.05) is 36.4 Å². The van der Waals surface area contributed by atoms with Crippen LogP contribution in [0.15, 0.2) is 60.7 Å². The van der Waals surface area contributed by atoms with Gasteiger partial charge in [-0.1, -0.05) is 63.9 Å². The number of carbonyl (C=O) groups is 1. The predicted molar refractivity (Wildman–Crippen MR) is 149 cm³/mol. The Balaban J connectivity index is 1.63. The molecule has 0 bridgehead atoms. The van der Waals surface area contributed by atoms with E-state index in [0.717, 1.165) is 60.1 Å². The molecule has 0 aromatic heterocycles. The van der Waals surface area contributed by atoms with Gasteiger partial charge < -0.3 is 14.6 Å². The molecule has 2 atom stereocenters. The summed E-state index contributed by atoms with van der Waals surface area (Å²) < 4.78 is 26.6. The first-order valence-electron chi connectivity index (χ1n) is 13.6. The Morgan fingerprint density at radius 2 is 1.89 bits per heavy atom. The second kappa shape index (κ2) is 12.0. The third-order valence-electron chi connectivity index (χ3n) is 8.01. The van der Waals surface area contributed by atoms with Crippen LogP contribution in [-0.2, 0) is 11.4 Å². The first-order valence-corrected chi connectivity index (χ1v) is 13.6. The number of rotatable bonds is 11. The fourth-order valence-corrected chi connectivity index (χ4v) is 5.95. The molecule has 0 unspecified atom stereocenters. The summed E-state index contributed by atoms with van der Waals surface area (Å²) in [5.74, 6) is 0.595. The molecule has 202 valence electrons. The Hall–Kier alpha value is -3.34. The monoisotopic (exact) mass is 518 g/mol. The summed E-state index contributed by atoms with van der Waals surface area (Å²) >= 11 is 0. The lowest BCUT2D eigenvalue weighted by Crippen LogP contribution is -2.17. The van der Waals surface area contributed by atoms with Gasteiger partial charge in [-0.05, 0) is 89.1 Å². The lowest BCUT2D eigenvalue weighted by molar-refractivity contribution is -0.137. The number of hydrogen-bond donors (Lipinski definition) is 1. The summed E-state index contributed by atoms with van der Waals surface area (Å²) in [5, 5.41) is 9.34. The van der Waals surface area contributed by atoms with Gasteiger partial charge in [0.15, 0.2) is 0 Å². The van der Waals surface area contributed by atoms with Crippen molar-refractivity contribution in [2.24, 2.45) is 5.41 Å². The van der Waals surface area contributed by atoms with Crippen LogP contribution in [0.5, 0.6) is 11.5 Å². The van der Waals surface area contributed by atoms with Crippen LogP contribution in [0, 0.1) is 11.2 Å². The van der Waals surface area contributed by atoms with Crippen LogP contribution in [0.1, 0.15) is 87.8 Å². The Morgan fingerprint density at radius 3 is 2.58 bits per heavy atom. The summed E-state index contributed by atoms with van der Waals surface area (Å²) in [7, 11) is 1.60. The molecule has 4 nitrogen and oxygen atoms in total. The van der Waals surface area contributed by atoms with E-state index in [1.54, 1.807) is 19.2 Å². The van der Waals surface area contributed by atoms with Crippen LogP contribution in [-0.4, -0.2) is 18.2 Å². The molecule has 4 rings (SSSR count). The van der Waals surface area contributed by atoms with Gasteiger partial charge in [-0.2, -0.15) is 0 Å². The van der Waals surface area contributed by atoms with Crippen molar-refractivity contribution in [2.75, 3.05) is 7.11 Å². The zero-order chi connectivity index (χ0) is 27.3. The van der Waals surface area contributed by atoms with E-state index in [9.17, 15) is 9.90 Å². The van der Waals surface area contributed by atoms with Crippen molar-refractivity contribution in [3.05, 3.63) is 83.2 Å². The maximum atomic E-state index is 15.0. The van der Waals surface area contributed by atoms with E-state index in [2.05, 4.69) is 26.8 Å². The first kappa shape index (κ1) is 27.7. The van der Waals surface area contributed by atoms with Gasteiger partial charge in [0.25, 0.3) is 0 Å². The summed E-state index contributed by atoms with van der Waals surface area (Å²) in [4.78, 5) is 11.4. The number of carboxylic acids is 1. The van der Waals surface area contributed by atoms with Crippen LogP contribution in [0.2, 0.25) is 0 Å². The van der Waals surface area contributed by atoms with Gasteiger partial charge in [0.05, 0.1) is 13.5 Å². The average molecular weight is 519 g/mol. The zero-order valence-corrected chi connectivity index (χ0v) is 22.9. The highest BCUT2D eigenvalue weighted by atomic mass is 19.1. The minimum Gasteiger partial charge on any atom is -0.497 e. The topological polar surface area (TPSA) is 55.8 Å². The maximum absolute atomic E-state index is 15.0. The number of hydrogen-bond acceptors (Lipinski definition) is 3. The summed E-state index contributed by atoms with van der Waals surface area (Å²) in [6.07, 6.45) is 5.21. The lowest BCUT2D eigenvalue weighted by Gasteiger charge is -2.30. The molecule has 0 amide bonds. The minimum atomic E-state index is -0.787. The van der Waals surface area contributed by atoms with Gasteiger partial charge in [-0.15, -0.1) is 0 Å². The van der Waals surface area contributed by atoms with Gasteiger partial charge >= 0.3 is 5.97 Å². The maximum Gasteiger partial charge on any atom is 0.303 e. The van der Waals surface area contributed by atoms with Gasteiger partial charge in [0, 0.05) is 5.56 Å². The highest BCUT2D eigenvalue weighted by Gasteiger charge is 2.37. The third-order valence-corrected chi connectivity index (χ3v) is 8.01. The molecular weight excluding hydrogens is 479 g/mol. The van der Waals surface area contributed by atoms with Crippen molar-refractivity contribution in [3.63, 3.8) is 0 Å². The van der Waals surface area contributed by atoms with Crippen LogP contribution in [0.25, 0.3) is 11.1 Å². The number of benzene rings is 3. The quantitative estimate of drug-likeness (QED) is 0.276. The number of aliphatic carboxylic acids is 1. The molecule has 38 heavy (non-hydrogen) atoms. The third kappa shape index (κ3) is 6.38. The second-order valence-electron chi connectivity index (χ2n) is 11.1. The summed E-state index contributed by atoms with van der Waals surface area (Å²) in [5.41, 5.74) is 4.75. The van der Waals surface area contributed by atoms with Crippen LogP contribution >= 0.6 is 0 Å². The molecule has 1 aliphatic rings. The van der Waals surface area contributed by atoms with E-state index >= 15 is 4.39 Å². The Kier molecular flexibility index (Phi) is 8.76. The second-order valence-corrected chi connectivity index (χ2v) is 11.1. The van der Waals surface area contributed by atoms with Gasteiger partial charge in [0.1, 0.15) is 23.9 Å². The molecule has 0 aliphatic heterocycles. The smallest absolute Gasteiger partial charge is 0.303 e. The van der Waals surface area contributed by atoms with Crippen molar-refractivity contribution in [1.82, 2.24) is 0 Å². The van der Waals surface area contributed by atoms with E-state index in [0.29, 0.717) is 23.8 Å². The Bertz CT molecular complexity index is 1270.